The number of thiophene rings is 1. The second-order valence-electron chi connectivity index (χ2n) is 4.27. The lowest BCUT2D eigenvalue weighted by Crippen LogP contribution is -2.21. The van der Waals surface area contributed by atoms with Crippen LogP contribution in [0.1, 0.15) is 28.3 Å². The number of rotatable bonds is 1. The standard InChI is InChI=1S/C12H13N3OS2/c1-6-9-10(8-4-3-5-17-8)18-7(2)12(16)13-11(9)15-14-6/h3-5,7,10H,1-2H3,(H2,13,14,15,16). The number of anilines is 1. The Kier molecular flexibility index (Phi) is 2.91. The van der Waals surface area contributed by atoms with Gasteiger partial charge in [0.15, 0.2) is 5.82 Å². The van der Waals surface area contributed by atoms with Gasteiger partial charge in [0, 0.05) is 16.1 Å². The minimum Gasteiger partial charge on any atom is -0.308 e. The van der Waals surface area contributed by atoms with Crippen molar-refractivity contribution >= 4 is 34.8 Å². The predicted octanol–water partition coefficient (Wildman–Crippen LogP) is 2.94. The number of nitrogens with one attached hydrogen (secondary N) is 2. The Balaban J connectivity index is 2.12. The van der Waals surface area contributed by atoms with Crippen molar-refractivity contribution in [3.8, 4) is 0 Å². The first-order valence-electron chi connectivity index (χ1n) is 5.71. The molecule has 1 aliphatic rings. The van der Waals surface area contributed by atoms with Crippen molar-refractivity contribution in [3.05, 3.63) is 33.6 Å². The van der Waals surface area contributed by atoms with Crippen LogP contribution in [0.3, 0.4) is 0 Å². The number of carbonyl (C=O) groups excluding carboxylic acids is 1. The number of fused-ring (bicyclic) bond motifs is 1. The third kappa shape index (κ3) is 1.85. The van der Waals surface area contributed by atoms with E-state index in [1.807, 2.05) is 19.9 Å². The highest BCUT2D eigenvalue weighted by Gasteiger charge is 2.32. The first-order valence-corrected chi connectivity index (χ1v) is 7.53. The monoisotopic (exact) mass is 279 g/mol. The Labute approximate surface area is 113 Å². The molecule has 2 atom stereocenters. The number of aryl methyl sites for hydroxylation is 1. The van der Waals surface area contributed by atoms with Gasteiger partial charge in [-0.2, -0.15) is 5.10 Å². The summed E-state index contributed by atoms with van der Waals surface area (Å²) in [5.41, 5.74) is 2.12. The van der Waals surface area contributed by atoms with E-state index in [0.717, 1.165) is 11.3 Å². The summed E-state index contributed by atoms with van der Waals surface area (Å²) in [5.74, 6) is 0.694. The molecular weight excluding hydrogens is 266 g/mol. The first-order chi connectivity index (χ1) is 8.66. The van der Waals surface area contributed by atoms with Gasteiger partial charge in [-0.1, -0.05) is 6.07 Å². The molecule has 0 spiro atoms. The van der Waals surface area contributed by atoms with Crippen LogP contribution >= 0.6 is 23.1 Å². The largest absolute Gasteiger partial charge is 0.308 e. The molecule has 0 saturated heterocycles. The summed E-state index contributed by atoms with van der Waals surface area (Å²) in [6.45, 7) is 3.93. The number of hydrogen-bond acceptors (Lipinski definition) is 4. The van der Waals surface area contributed by atoms with Gasteiger partial charge in [0.1, 0.15) is 0 Å². The van der Waals surface area contributed by atoms with Crippen LogP contribution in [0.5, 0.6) is 0 Å². The number of amides is 1. The number of thioether (sulfide) groups is 1. The SMILES string of the molecule is Cc1[nH]nc2c1C(c1cccs1)SC(C)C(=O)N2. The molecule has 0 saturated carbocycles. The Morgan fingerprint density at radius 1 is 1.44 bits per heavy atom. The van der Waals surface area contributed by atoms with Gasteiger partial charge < -0.3 is 5.32 Å². The molecule has 2 aromatic rings. The van der Waals surface area contributed by atoms with E-state index < -0.39 is 0 Å². The van der Waals surface area contributed by atoms with Crippen molar-refractivity contribution in [1.29, 1.82) is 0 Å². The normalized spacial score (nSPS) is 23.3. The van der Waals surface area contributed by atoms with E-state index in [2.05, 4.69) is 27.0 Å². The Hall–Kier alpha value is -1.27. The number of H-pyrrole nitrogens is 1. The molecule has 3 heterocycles. The van der Waals surface area contributed by atoms with Gasteiger partial charge in [0.05, 0.1) is 10.5 Å². The van der Waals surface area contributed by atoms with Crippen LogP contribution in [0.2, 0.25) is 0 Å². The molecule has 2 N–H and O–H groups in total. The van der Waals surface area contributed by atoms with Crippen LogP contribution in [0.15, 0.2) is 17.5 Å². The predicted molar refractivity (Wildman–Crippen MR) is 75.2 cm³/mol. The van der Waals surface area contributed by atoms with Crippen molar-refractivity contribution < 1.29 is 4.79 Å². The minimum atomic E-state index is -0.0781. The summed E-state index contributed by atoms with van der Waals surface area (Å²) in [7, 11) is 0. The highest BCUT2D eigenvalue weighted by Crippen LogP contribution is 2.45. The molecule has 0 aliphatic carbocycles. The molecule has 1 aliphatic heterocycles. The molecular formula is C12H13N3OS2. The average Bonchev–Trinajstić information content (AvgIpc) is 2.95. The molecule has 18 heavy (non-hydrogen) atoms. The zero-order chi connectivity index (χ0) is 12.7. The van der Waals surface area contributed by atoms with Crippen molar-refractivity contribution in [2.75, 3.05) is 5.32 Å². The van der Waals surface area contributed by atoms with E-state index >= 15 is 0 Å². The van der Waals surface area contributed by atoms with E-state index in [1.54, 1.807) is 23.1 Å². The number of hydrogen-bond donors (Lipinski definition) is 2. The topological polar surface area (TPSA) is 57.8 Å². The molecule has 0 radical (unpaired) electrons. The quantitative estimate of drug-likeness (QED) is 0.844. The maximum absolute atomic E-state index is 11.9. The highest BCUT2D eigenvalue weighted by molar-refractivity contribution is 8.01. The number of aromatic amines is 1. The lowest BCUT2D eigenvalue weighted by molar-refractivity contribution is -0.115. The van der Waals surface area contributed by atoms with Gasteiger partial charge in [-0.3, -0.25) is 9.89 Å². The fourth-order valence-electron chi connectivity index (χ4n) is 2.06. The highest BCUT2D eigenvalue weighted by atomic mass is 32.2. The summed E-state index contributed by atoms with van der Waals surface area (Å²) in [5, 5.41) is 12.2. The second kappa shape index (κ2) is 4.44. The molecule has 2 unspecified atom stereocenters. The number of carbonyl (C=O) groups is 1. The lowest BCUT2D eigenvalue weighted by atomic mass is 10.1. The van der Waals surface area contributed by atoms with Gasteiger partial charge in [-0.25, -0.2) is 0 Å². The third-order valence-electron chi connectivity index (χ3n) is 3.01. The molecule has 1 amide bonds. The molecule has 0 bridgehead atoms. The first kappa shape index (κ1) is 11.8. The van der Waals surface area contributed by atoms with Gasteiger partial charge in [-0.15, -0.1) is 23.1 Å². The van der Waals surface area contributed by atoms with Crippen LogP contribution in [0.4, 0.5) is 5.82 Å². The van der Waals surface area contributed by atoms with Crippen molar-refractivity contribution in [2.45, 2.75) is 24.3 Å². The van der Waals surface area contributed by atoms with Crippen molar-refractivity contribution in [1.82, 2.24) is 10.2 Å². The molecule has 0 fully saturated rings. The second-order valence-corrected chi connectivity index (χ2v) is 6.70. The third-order valence-corrected chi connectivity index (χ3v) is 5.48. The van der Waals surface area contributed by atoms with Crippen LogP contribution in [-0.4, -0.2) is 21.4 Å². The molecule has 94 valence electrons. The van der Waals surface area contributed by atoms with E-state index in [9.17, 15) is 4.79 Å². The van der Waals surface area contributed by atoms with Gasteiger partial charge in [0.25, 0.3) is 0 Å². The van der Waals surface area contributed by atoms with Crippen LogP contribution in [-0.2, 0) is 4.79 Å². The van der Waals surface area contributed by atoms with Crippen LogP contribution in [0, 0.1) is 6.92 Å². The minimum absolute atomic E-state index is 0.0202. The summed E-state index contributed by atoms with van der Waals surface area (Å²) < 4.78 is 0. The van der Waals surface area contributed by atoms with E-state index in [-0.39, 0.29) is 16.4 Å². The summed E-state index contributed by atoms with van der Waals surface area (Å²) in [6.07, 6.45) is 0. The Bertz CT molecular complexity index is 576. The van der Waals surface area contributed by atoms with Crippen molar-refractivity contribution in [2.24, 2.45) is 0 Å². The van der Waals surface area contributed by atoms with Gasteiger partial charge >= 0.3 is 0 Å². The maximum atomic E-state index is 11.9. The lowest BCUT2D eigenvalue weighted by Gasteiger charge is -2.15. The van der Waals surface area contributed by atoms with E-state index in [4.69, 9.17) is 0 Å². The zero-order valence-electron chi connectivity index (χ0n) is 10.1. The summed E-state index contributed by atoms with van der Waals surface area (Å²) in [4.78, 5) is 13.2. The average molecular weight is 279 g/mol. The smallest absolute Gasteiger partial charge is 0.238 e. The van der Waals surface area contributed by atoms with E-state index in [1.165, 1.54) is 4.88 Å². The van der Waals surface area contributed by atoms with Gasteiger partial charge in [-0.05, 0) is 25.3 Å². The van der Waals surface area contributed by atoms with Crippen LogP contribution < -0.4 is 5.32 Å². The Morgan fingerprint density at radius 3 is 3.00 bits per heavy atom. The summed E-state index contributed by atoms with van der Waals surface area (Å²) in [6, 6.07) is 4.15. The number of nitrogens with zero attached hydrogens (tertiary/aromatic N) is 1. The molecule has 0 aromatic carbocycles. The maximum Gasteiger partial charge on any atom is 0.238 e. The fourth-order valence-corrected chi connectivity index (χ4v) is 4.33. The summed E-state index contributed by atoms with van der Waals surface area (Å²) >= 11 is 3.39. The molecule has 2 aromatic heterocycles. The molecule has 3 rings (SSSR count). The number of aromatic nitrogens is 2. The molecule has 4 nitrogen and oxygen atoms in total. The fraction of sp³-hybridized carbons (Fsp3) is 0.333. The Morgan fingerprint density at radius 2 is 2.28 bits per heavy atom. The van der Waals surface area contributed by atoms with E-state index in [0.29, 0.717) is 5.82 Å². The van der Waals surface area contributed by atoms with Gasteiger partial charge in [0.2, 0.25) is 5.91 Å². The van der Waals surface area contributed by atoms with Crippen LogP contribution in [0.25, 0.3) is 0 Å². The molecule has 6 heteroatoms. The zero-order valence-corrected chi connectivity index (χ0v) is 11.7. The van der Waals surface area contributed by atoms with Crippen molar-refractivity contribution in [3.63, 3.8) is 0 Å².